The van der Waals surface area contributed by atoms with E-state index in [1.165, 1.54) is 136 Å². The Morgan fingerprint density at radius 1 is 0.406 bits per heavy atom. The highest BCUT2D eigenvalue weighted by Gasteiger charge is 2.52. The second-order valence-corrected chi connectivity index (χ2v) is 18.8. The van der Waals surface area contributed by atoms with Crippen molar-refractivity contribution in [3.63, 3.8) is 0 Å². The maximum atomic E-state index is 2.49. The SMILES string of the molecule is c1ccc(N(c2ccccc2)c2ccc(C3(c4ccc(N(c5ccc(C6CCCCC6)cc5)c5ccc6c(c5)c5ccccc5n6-c5ccccc5)cc4)CC4CCC3C4)cc2)cc1. The van der Waals surface area contributed by atoms with Gasteiger partial charge in [0, 0.05) is 56.0 Å². The van der Waals surface area contributed by atoms with Crippen molar-refractivity contribution in [1.82, 2.24) is 4.57 Å². The normalized spacial score (nSPS) is 19.6. The van der Waals surface area contributed by atoms with Crippen molar-refractivity contribution in [3.8, 4) is 5.69 Å². The van der Waals surface area contributed by atoms with Crippen LogP contribution in [0.2, 0.25) is 0 Å². The van der Waals surface area contributed by atoms with Gasteiger partial charge < -0.3 is 14.4 Å². The molecule has 3 aliphatic rings. The van der Waals surface area contributed by atoms with Crippen molar-refractivity contribution in [3.05, 3.63) is 223 Å². The van der Waals surface area contributed by atoms with Crippen LogP contribution in [0, 0.1) is 11.8 Å². The van der Waals surface area contributed by atoms with Crippen LogP contribution < -0.4 is 9.80 Å². The molecular weight excluding hydrogens is 775 g/mol. The minimum Gasteiger partial charge on any atom is -0.311 e. The summed E-state index contributed by atoms with van der Waals surface area (Å²) in [6, 6.07) is 77.2. The smallest absolute Gasteiger partial charge is 0.0542 e. The maximum Gasteiger partial charge on any atom is 0.0542 e. The van der Waals surface area contributed by atoms with Crippen LogP contribution in [0.5, 0.6) is 0 Å². The monoisotopic (exact) mass is 829 g/mol. The Morgan fingerprint density at radius 2 is 0.906 bits per heavy atom. The van der Waals surface area contributed by atoms with Gasteiger partial charge in [-0.1, -0.05) is 135 Å². The first-order chi connectivity index (χ1) is 31.7. The first-order valence-corrected chi connectivity index (χ1v) is 23.8. The third-order valence-corrected chi connectivity index (χ3v) is 15.3. The van der Waals surface area contributed by atoms with Crippen LogP contribution in [0.25, 0.3) is 27.5 Å². The number of nitrogens with zero attached hydrogens (tertiary/aromatic N) is 3. The van der Waals surface area contributed by atoms with E-state index in [2.05, 4.69) is 221 Å². The summed E-state index contributed by atoms with van der Waals surface area (Å²) in [6.07, 6.45) is 11.8. The van der Waals surface area contributed by atoms with E-state index in [0.29, 0.717) is 11.8 Å². The van der Waals surface area contributed by atoms with Crippen molar-refractivity contribution in [2.75, 3.05) is 9.80 Å². The molecule has 3 unspecified atom stereocenters. The quantitative estimate of drug-likeness (QED) is 0.136. The number of hydrogen-bond acceptors (Lipinski definition) is 2. The van der Waals surface area contributed by atoms with Gasteiger partial charge in [-0.3, -0.25) is 0 Å². The second-order valence-electron chi connectivity index (χ2n) is 18.8. The molecule has 0 aliphatic heterocycles. The molecule has 0 radical (unpaired) electrons. The summed E-state index contributed by atoms with van der Waals surface area (Å²) in [6.45, 7) is 0. The van der Waals surface area contributed by atoms with E-state index in [0.717, 1.165) is 5.92 Å². The fraction of sp³-hybridized carbons (Fsp3) is 0.213. The summed E-state index contributed by atoms with van der Waals surface area (Å²) in [5.41, 5.74) is 15.1. The molecule has 3 fully saturated rings. The minimum atomic E-state index is -0.00501. The summed E-state index contributed by atoms with van der Waals surface area (Å²) < 4.78 is 2.41. The molecular formula is C61H55N3. The van der Waals surface area contributed by atoms with Crippen molar-refractivity contribution >= 4 is 55.9 Å². The highest BCUT2D eigenvalue weighted by Crippen LogP contribution is 2.60. The highest BCUT2D eigenvalue weighted by molar-refractivity contribution is 6.10. The Labute approximate surface area is 378 Å². The number of hydrogen-bond donors (Lipinski definition) is 0. The lowest BCUT2D eigenvalue weighted by Crippen LogP contribution is -2.34. The van der Waals surface area contributed by atoms with Gasteiger partial charge in [0.05, 0.1) is 11.0 Å². The van der Waals surface area contributed by atoms with Gasteiger partial charge in [0.2, 0.25) is 0 Å². The molecule has 8 aromatic carbocycles. The molecule has 3 aliphatic carbocycles. The number of benzene rings is 8. The van der Waals surface area contributed by atoms with Crippen molar-refractivity contribution in [2.45, 2.75) is 69.1 Å². The van der Waals surface area contributed by atoms with Gasteiger partial charge in [-0.2, -0.15) is 0 Å². The van der Waals surface area contributed by atoms with E-state index >= 15 is 0 Å². The average molecular weight is 830 g/mol. The number of aromatic nitrogens is 1. The molecule has 64 heavy (non-hydrogen) atoms. The Hall–Kier alpha value is -6.84. The predicted octanol–water partition coefficient (Wildman–Crippen LogP) is 16.9. The summed E-state index contributed by atoms with van der Waals surface area (Å²) in [5.74, 6) is 2.09. The van der Waals surface area contributed by atoms with Crippen LogP contribution in [0.1, 0.15) is 80.4 Å². The molecule has 3 atom stereocenters. The zero-order chi connectivity index (χ0) is 42.5. The van der Waals surface area contributed by atoms with Gasteiger partial charge in [-0.15, -0.1) is 0 Å². The minimum absolute atomic E-state index is 0.00501. The molecule has 9 aromatic rings. The third kappa shape index (κ3) is 6.72. The average Bonchev–Trinajstić information content (AvgIpc) is 4.09. The molecule has 2 bridgehead atoms. The maximum absolute atomic E-state index is 2.49. The van der Waals surface area contributed by atoms with Crippen molar-refractivity contribution in [2.24, 2.45) is 11.8 Å². The van der Waals surface area contributed by atoms with Crippen LogP contribution in [-0.2, 0) is 5.41 Å². The van der Waals surface area contributed by atoms with Crippen LogP contribution >= 0.6 is 0 Å². The van der Waals surface area contributed by atoms with E-state index in [1.807, 2.05) is 0 Å². The van der Waals surface area contributed by atoms with E-state index < -0.39 is 0 Å². The Bertz CT molecular complexity index is 2980. The standard InChI is InChI=1S/C61H55N3/c1-5-15-45(16-6-1)46-26-33-53(34-27-46)63(56-39-40-60-58(42-56)57-23-13-14-24-59(57)64(60)52-21-11-4-12-22-52)55-37-31-48(32-38-55)61(43-44-25-28-49(61)41-44)47-29-35-54(36-30-47)62(50-17-7-2-8-18-50)51-19-9-3-10-20-51/h2-4,7-14,17-24,26-27,29-40,42,44-45,49H,1,5-6,15-16,25,28,41,43H2. The van der Waals surface area contributed by atoms with Crippen molar-refractivity contribution < 1.29 is 0 Å². The van der Waals surface area contributed by atoms with Gasteiger partial charge in [-0.25, -0.2) is 0 Å². The summed E-state index contributed by atoms with van der Waals surface area (Å²) in [5, 5.41) is 2.53. The molecule has 1 aromatic heterocycles. The Balaban J connectivity index is 0.948. The lowest BCUT2D eigenvalue weighted by Gasteiger charge is -2.40. The largest absolute Gasteiger partial charge is 0.311 e. The van der Waals surface area contributed by atoms with Gasteiger partial charge >= 0.3 is 0 Å². The van der Waals surface area contributed by atoms with E-state index in [4.69, 9.17) is 0 Å². The van der Waals surface area contributed by atoms with Gasteiger partial charge in [0.1, 0.15) is 0 Å². The van der Waals surface area contributed by atoms with E-state index in [1.54, 1.807) is 0 Å². The Kier molecular flexibility index (Phi) is 9.93. The molecule has 3 heteroatoms. The fourth-order valence-electron chi connectivity index (χ4n) is 12.4. The van der Waals surface area contributed by atoms with Crippen molar-refractivity contribution in [1.29, 1.82) is 0 Å². The molecule has 0 N–H and O–H groups in total. The lowest BCUT2D eigenvalue weighted by molar-refractivity contribution is 0.320. The van der Waals surface area contributed by atoms with Crippen LogP contribution in [0.15, 0.2) is 206 Å². The Morgan fingerprint density at radius 3 is 1.48 bits per heavy atom. The van der Waals surface area contributed by atoms with Gasteiger partial charge in [0.25, 0.3) is 0 Å². The highest BCUT2D eigenvalue weighted by atomic mass is 15.1. The second kappa shape index (κ2) is 16.4. The molecule has 0 saturated heterocycles. The fourth-order valence-corrected chi connectivity index (χ4v) is 12.4. The van der Waals surface area contributed by atoms with E-state index in [-0.39, 0.29) is 5.41 Å². The molecule has 0 spiro atoms. The first kappa shape index (κ1) is 38.8. The summed E-state index contributed by atoms with van der Waals surface area (Å²) in [4.78, 5) is 4.87. The number of rotatable bonds is 10. The predicted molar refractivity (Wildman–Crippen MR) is 269 cm³/mol. The van der Waals surface area contributed by atoms with Gasteiger partial charge in [0.15, 0.2) is 0 Å². The van der Waals surface area contributed by atoms with Crippen LogP contribution in [0.4, 0.5) is 34.1 Å². The molecule has 3 saturated carbocycles. The number of anilines is 6. The molecule has 314 valence electrons. The third-order valence-electron chi connectivity index (χ3n) is 15.3. The van der Waals surface area contributed by atoms with Gasteiger partial charge in [-0.05, 0) is 164 Å². The summed E-state index contributed by atoms with van der Waals surface area (Å²) in [7, 11) is 0. The van der Waals surface area contributed by atoms with Crippen LogP contribution in [-0.4, -0.2) is 4.57 Å². The topological polar surface area (TPSA) is 11.4 Å². The zero-order valence-corrected chi connectivity index (χ0v) is 36.6. The zero-order valence-electron chi connectivity index (χ0n) is 36.6. The molecule has 1 heterocycles. The number of fused-ring (bicyclic) bond motifs is 5. The van der Waals surface area contributed by atoms with Crippen LogP contribution in [0.3, 0.4) is 0 Å². The van der Waals surface area contributed by atoms with E-state index in [9.17, 15) is 0 Å². The first-order valence-electron chi connectivity index (χ1n) is 23.8. The molecule has 12 rings (SSSR count). The summed E-state index contributed by atoms with van der Waals surface area (Å²) >= 11 is 0. The lowest BCUT2D eigenvalue weighted by atomic mass is 9.64. The molecule has 0 amide bonds. The number of para-hydroxylation sites is 4. The molecule has 3 nitrogen and oxygen atoms in total.